The van der Waals surface area contributed by atoms with Gasteiger partial charge >= 0.3 is 0 Å². The molecular formula is C17H34N2. The van der Waals surface area contributed by atoms with Crippen LogP contribution in [0.3, 0.4) is 0 Å². The van der Waals surface area contributed by atoms with Crippen LogP contribution in [0.2, 0.25) is 0 Å². The van der Waals surface area contributed by atoms with Crippen molar-refractivity contribution in [2.75, 3.05) is 13.1 Å². The first-order chi connectivity index (χ1) is 9.07. The fraction of sp³-hybridized carbons (Fsp3) is 0.882. The zero-order valence-electron chi connectivity index (χ0n) is 13.5. The summed E-state index contributed by atoms with van der Waals surface area (Å²) in [6.07, 6.45) is 9.96. The highest BCUT2D eigenvalue weighted by Crippen LogP contribution is 2.32. The molecule has 0 aromatic heterocycles. The van der Waals surface area contributed by atoms with Crippen molar-refractivity contribution in [2.24, 2.45) is 17.1 Å². The molecule has 0 bridgehead atoms. The van der Waals surface area contributed by atoms with Crippen molar-refractivity contribution in [2.45, 2.75) is 72.3 Å². The lowest BCUT2D eigenvalue weighted by Gasteiger charge is -2.34. The number of allylic oxidation sites excluding steroid dienone is 1. The molecule has 0 aromatic carbocycles. The van der Waals surface area contributed by atoms with Crippen LogP contribution in [0.4, 0.5) is 0 Å². The number of hydrogen-bond acceptors (Lipinski definition) is 2. The molecule has 2 heteroatoms. The quantitative estimate of drug-likeness (QED) is 0.655. The third-order valence-corrected chi connectivity index (χ3v) is 5.23. The van der Waals surface area contributed by atoms with E-state index in [0.29, 0.717) is 12.0 Å². The summed E-state index contributed by atoms with van der Waals surface area (Å²) < 4.78 is 0. The third-order valence-electron chi connectivity index (χ3n) is 5.23. The van der Waals surface area contributed by atoms with Crippen molar-refractivity contribution in [1.29, 1.82) is 0 Å². The van der Waals surface area contributed by atoms with Crippen LogP contribution in [0.15, 0.2) is 11.6 Å². The molecule has 2 nitrogen and oxygen atoms in total. The van der Waals surface area contributed by atoms with E-state index in [-0.39, 0.29) is 5.41 Å². The Hall–Kier alpha value is -0.340. The van der Waals surface area contributed by atoms with Gasteiger partial charge in [-0.1, -0.05) is 45.8 Å². The lowest BCUT2D eigenvalue weighted by atomic mass is 9.74. The molecule has 112 valence electrons. The van der Waals surface area contributed by atoms with E-state index < -0.39 is 0 Å². The molecule has 0 radical (unpaired) electrons. The molecule has 1 rings (SSSR count). The summed E-state index contributed by atoms with van der Waals surface area (Å²) in [6.45, 7) is 11.1. The van der Waals surface area contributed by atoms with E-state index in [1.165, 1.54) is 38.5 Å². The van der Waals surface area contributed by atoms with E-state index in [9.17, 15) is 0 Å². The summed E-state index contributed by atoms with van der Waals surface area (Å²) in [7, 11) is 0. The smallest absolute Gasteiger partial charge is 0.0279 e. The Morgan fingerprint density at radius 3 is 2.79 bits per heavy atom. The predicted molar refractivity (Wildman–Crippen MR) is 85.2 cm³/mol. The third kappa shape index (κ3) is 4.61. The highest BCUT2D eigenvalue weighted by Gasteiger charge is 2.29. The van der Waals surface area contributed by atoms with Gasteiger partial charge in [-0.3, -0.25) is 0 Å². The Morgan fingerprint density at radius 1 is 1.47 bits per heavy atom. The number of nitrogens with one attached hydrogen (secondary N) is 1. The topological polar surface area (TPSA) is 38.0 Å². The number of nitrogens with two attached hydrogens (primary N) is 1. The van der Waals surface area contributed by atoms with Crippen LogP contribution in [0.25, 0.3) is 0 Å². The summed E-state index contributed by atoms with van der Waals surface area (Å²) in [6, 6.07) is 0.638. The molecule has 3 atom stereocenters. The molecule has 0 saturated heterocycles. The van der Waals surface area contributed by atoms with Crippen molar-refractivity contribution in [3.05, 3.63) is 11.6 Å². The molecule has 0 amide bonds. The Kier molecular flexibility index (Phi) is 7.09. The van der Waals surface area contributed by atoms with Crippen molar-refractivity contribution >= 4 is 0 Å². The van der Waals surface area contributed by atoms with Crippen molar-refractivity contribution < 1.29 is 0 Å². The first-order valence-electron chi connectivity index (χ1n) is 8.19. The van der Waals surface area contributed by atoms with E-state index in [4.69, 9.17) is 5.73 Å². The molecule has 3 unspecified atom stereocenters. The molecule has 1 aliphatic carbocycles. The number of hydrogen-bond donors (Lipinski definition) is 2. The summed E-state index contributed by atoms with van der Waals surface area (Å²) in [5.41, 5.74) is 7.94. The van der Waals surface area contributed by atoms with Crippen molar-refractivity contribution in [1.82, 2.24) is 5.32 Å². The Balaban J connectivity index is 2.42. The molecule has 0 aromatic rings. The van der Waals surface area contributed by atoms with Gasteiger partial charge in [-0.05, 0) is 56.5 Å². The maximum Gasteiger partial charge on any atom is 0.0279 e. The van der Waals surface area contributed by atoms with Crippen LogP contribution in [0, 0.1) is 11.3 Å². The van der Waals surface area contributed by atoms with E-state index in [1.54, 1.807) is 5.57 Å². The predicted octanol–water partition coefficient (Wildman–Crippen LogP) is 3.87. The van der Waals surface area contributed by atoms with Gasteiger partial charge in [0.2, 0.25) is 0 Å². The summed E-state index contributed by atoms with van der Waals surface area (Å²) in [5, 5.41) is 3.76. The minimum absolute atomic E-state index is 0.287. The van der Waals surface area contributed by atoms with Gasteiger partial charge in [-0.25, -0.2) is 0 Å². The second kappa shape index (κ2) is 8.06. The molecule has 3 N–H and O–H groups in total. The molecule has 0 spiro atoms. The van der Waals surface area contributed by atoms with Gasteiger partial charge in [0.15, 0.2) is 0 Å². The molecule has 0 heterocycles. The minimum Gasteiger partial charge on any atom is -0.330 e. The van der Waals surface area contributed by atoms with Crippen LogP contribution in [0.5, 0.6) is 0 Å². The van der Waals surface area contributed by atoms with Crippen LogP contribution >= 0.6 is 0 Å². The van der Waals surface area contributed by atoms with Crippen molar-refractivity contribution in [3.63, 3.8) is 0 Å². The second-order valence-electron chi connectivity index (χ2n) is 6.50. The van der Waals surface area contributed by atoms with E-state index in [1.807, 2.05) is 0 Å². The Labute approximate surface area is 120 Å². The average Bonchev–Trinajstić information content (AvgIpc) is 2.85. The summed E-state index contributed by atoms with van der Waals surface area (Å²) in [4.78, 5) is 0. The van der Waals surface area contributed by atoms with E-state index in [0.717, 1.165) is 13.1 Å². The van der Waals surface area contributed by atoms with E-state index in [2.05, 4.69) is 39.1 Å². The Bertz CT molecular complexity index is 285. The van der Waals surface area contributed by atoms with E-state index >= 15 is 0 Å². The monoisotopic (exact) mass is 266 g/mol. The standard InChI is InChI=1S/C17H34N2/c1-5-8-15-9-7-10-16(15)19-12-11-17(4,13-18)14(3)6-2/h8,14,16,19H,5-7,9-13,18H2,1-4H3/b15-8-. The van der Waals surface area contributed by atoms with Gasteiger partial charge in [-0.2, -0.15) is 0 Å². The van der Waals surface area contributed by atoms with Gasteiger partial charge in [0.25, 0.3) is 0 Å². The maximum atomic E-state index is 6.01. The molecular weight excluding hydrogens is 232 g/mol. The average molecular weight is 266 g/mol. The van der Waals surface area contributed by atoms with Crippen LogP contribution < -0.4 is 11.1 Å². The fourth-order valence-electron chi connectivity index (χ4n) is 3.18. The molecule has 1 fully saturated rings. The minimum atomic E-state index is 0.287. The zero-order chi connectivity index (χ0) is 14.3. The first kappa shape index (κ1) is 16.7. The van der Waals surface area contributed by atoms with Gasteiger partial charge in [-0.15, -0.1) is 0 Å². The largest absolute Gasteiger partial charge is 0.330 e. The summed E-state index contributed by atoms with van der Waals surface area (Å²) >= 11 is 0. The van der Waals surface area contributed by atoms with Crippen molar-refractivity contribution in [3.8, 4) is 0 Å². The lowest BCUT2D eigenvalue weighted by molar-refractivity contribution is 0.186. The van der Waals surface area contributed by atoms with Crippen LogP contribution in [-0.2, 0) is 0 Å². The van der Waals surface area contributed by atoms with Gasteiger partial charge in [0.1, 0.15) is 0 Å². The molecule has 0 aliphatic heterocycles. The summed E-state index contributed by atoms with van der Waals surface area (Å²) in [5.74, 6) is 0.702. The highest BCUT2D eigenvalue weighted by molar-refractivity contribution is 5.15. The molecule has 19 heavy (non-hydrogen) atoms. The Morgan fingerprint density at radius 2 is 2.21 bits per heavy atom. The second-order valence-corrected chi connectivity index (χ2v) is 6.50. The highest BCUT2D eigenvalue weighted by atomic mass is 14.9. The molecule has 1 saturated carbocycles. The SMILES string of the molecule is CC/C=C1/CCCC1NCCC(C)(CN)C(C)CC. The fourth-order valence-corrected chi connectivity index (χ4v) is 3.18. The van der Waals surface area contributed by atoms with Crippen LogP contribution in [0.1, 0.15) is 66.2 Å². The maximum absolute atomic E-state index is 6.01. The molecule has 1 aliphatic rings. The first-order valence-corrected chi connectivity index (χ1v) is 8.19. The van der Waals surface area contributed by atoms with Gasteiger partial charge in [0.05, 0.1) is 0 Å². The normalized spacial score (nSPS) is 26.6. The lowest BCUT2D eigenvalue weighted by Crippen LogP contribution is -2.38. The van der Waals surface area contributed by atoms with Crippen LogP contribution in [-0.4, -0.2) is 19.1 Å². The zero-order valence-corrected chi connectivity index (χ0v) is 13.5. The number of rotatable bonds is 8. The van der Waals surface area contributed by atoms with Gasteiger partial charge < -0.3 is 11.1 Å². The van der Waals surface area contributed by atoms with Gasteiger partial charge in [0, 0.05) is 6.04 Å².